The number of non-ortho nitro benzene ring substituents is 1. The van der Waals surface area contributed by atoms with Gasteiger partial charge < -0.3 is 10.2 Å². The highest BCUT2D eigenvalue weighted by Gasteiger charge is 2.10. The molecule has 0 saturated carbocycles. The summed E-state index contributed by atoms with van der Waals surface area (Å²) in [5.74, 6) is -0.135. The molecule has 1 aliphatic heterocycles. The topological polar surface area (TPSA) is 75.5 Å². The van der Waals surface area contributed by atoms with Crippen LogP contribution >= 0.6 is 0 Å². The Bertz CT molecular complexity index is 549. The zero-order chi connectivity index (χ0) is 16.5. The van der Waals surface area contributed by atoms with Crippen LogP contribution in [0.3, 0.4) is 0 Å². The average Bonchev–Trinajstić information content (AvgIpc) is 3.06. The summed E-state index contributed by atoms with van der Waals surface area (Å²) in [5.41, 5.74) is 0.810. The van der Waals surface area contributed by atoms with Crippen molar-refractivity contribution in [2.75, 3.05) is 26.2 Å². The van der Waals surface area contributed by atoms with Gasteiger partial charge in [-0.3, -0.25) is 14.9 Å². The number of hydrogen-bond donors (Lipinski definition) is 1. The number of benzene rings is 1. The van der Waals surface area contributed by atoms with Crippen LogP contribution in [0.1, 0.15) is 31.2 Å². The largest absolute Gasteiger partial charge is 0.353 e. The van der Waals surface area contributed by atoms with Crippen LogP contribution in [-0.4, -0.2) is 41.9 Å². The summed E-state index contributed by atoms with van der Waals surface area (Å²) in [4.78, 5) is 24.3. The Hall–Kier alpha value is -2.21. The number of hydrogen-bond acceptors (Lipinski definition) is 4. The fourth-order valence-electron chi connectivity index (χ4n) is 2.62. The predicted molar refractivity (Wildman–Crippen MR) is 90.0 cm³/mol. The smallest absolute Gasteiger partial charge is 0.269 e. The summed E-state index contributed by atoms with van der Waals surface area (Å²) in [6, 6.07) is 6.10. The first-order chi connectivity index (χ1) is 11.1. The Morgan fingerprint density at radius 3 is 2.57 bits per heavy atom. The van der Waals surface area contributed by atoms with Gasteiger partial charge in [0.2, 0.25) is 5.91 Å². The minimum atomic E-state index is -0.442. The van der Waals surface area contributed by atoms with Gasteiger partial charge in [-0.2, -0.15) is 0 Å². The van der Waals surface area contributed by atoms with Gasteiger partial charge in [-0.25, -0.2) is 0 Å². The van der Waals surface area contributed by atoms with Crippen molar-refractivity contribution in [3.63, 3.8) is 0 Å². The molecule has 0 aromatic heterocycles. The Balaban J connectivity index is 1.62. The maximum atomic E-state index is 11.7. The molecule has 1 aromatic rings. The van der Waals surface area contributed by atoms with E-state index in [1.54, 1.807) is 18.2 Å². The van der Waals surface area contributed by atoms with Crippen molar-refractivity contribution in [1.29, 1.82) is 0 Å². The van der Waals surface area contributed by atoms with Gasteiger partial charge in [0.25, 0.3) is 5.69 Å². The minimum Gasteiger partial charge on any atom is -0.353 e. The maximum Gasteiger partial charge on any atom is 0.269 e. The van der Waals surface area contributed by atoms with Crippen molar-refractivity contribution in [2.24, 2.45) is 0 Å². The molecule has 1 aromatic carbocycles. The number of likely N-dealkylation sites (tertiary alicyclic amines) is 1. The lowest BCUT2D eigenvalue weighted by molar-refractivity contribution is -0.384. The molecule has 1 saturated heterocycles. The summed E-state index contributed by atoms with van der Waals surface area (Å²) in [5, 5.41) is 13.4. The van der Waals surface area contributed by atoms with Gasteiger partial charge in [0.15, 0.2) is 0 Å². The second-order valence-electron chi connectivity index (χ2n) is 5.73. The fraction of sp³-hybridized carbons (Fsp3) is 0.471. The van der Waals surface area contributed by atoms with Crippen LogP contribution < -0.4 is 5.32 Å². The maximum absolute atomic E-state index is 11.7. The summed E-state index contributed by atoms with van der Waals surface area (Å²) < 4.78 is 0. The minimum absolute atomic E-state index is 0.0459. The van der Waals surface area contributed by atoms with E-state index >= 15 is 0 Å². The molecule has 0 spiro atoms. The Morgan fingerprint density at radius 2 is 1.91 bits per heavy atom. The molecule has 1 fully saturated rings. The van der Waals surface area contributed by atoms with Gasteiger partial charge in [0.1, 0.15) is 0 Å². The number of nitro groups is 1. The normalized spacial score (nSPS) is 15.1. The molecule has 2 rings (SSSR count). The molecule has 6 heteroatoms. The highest BCUT2D eigenvalue weighted by Crippen LogP contribution is 2.12. The van der Waals surface area contributed by atoms with Gasteiger partial charge in [-0.05, 0) is 69.1 Å². The van der Waals surface area contributed by atoms with E-state index in [0.29, 0.717) is 6.54 Å². The molecular formula is C17H23N3O3. The summed E-state index contributed by atoms with van der Waals surface area (Å²) in [6.45, 7) is 4.22. The molecule has 1 heterocycles. The standard InChI is InChI=1S/C17H23N3O3/c21-17(18-11-1-2-12-19-13-3-4-14-19)10-7-15-5-8-16(9-6-15)20(22)23/h5-10H,1-4,11-14H2,(H,18,21)/b10-7+. The third-order valence-corrected chi connectivity index (χ3v) is 3.93. The zero-order valence-corrected chi connectivity index (χ0v) is 13.2. The Kier molecular flexibility index (Phi) is 6.75. The van der Waals surface area contributed by atoms with Crippen LogP contribution in [-0.2, 0) is 4.79 Å². The van der Waals surface area contributed by atoms with E-state index in [1.807, 2.05) is 0 Å². The summed E-state index contributed by atoms with van der Waals surface area (Å²) >= 11 is 0. The van der Waals surface area contributed by atoms with Crippen LogP contribution in [0.2, 0.25) is 0 Å². The number of rotatable bonds is 8. The zero-order valence-electron chi connectivity index (χ0n) is 13.2. The van der Waals surface area contributed by atoms with Crippen molar-refractivity contribution in [2.45, 2.75) is 25.7 Å². The second kappa shape index (κ2) is 9.05. The lowest BCUT2D eigenvalue weighted by Gasteiger charge is -2.13. The molecule has 124 valence electrons. The predicted octanol–water partition coefficient (Wildman–Crippen LogP) is 2.60. The van der Waals surface area contributed by atoms with Crippen LogP contribution in [0.5, 0.6) is 0 Å². The van der Waals surface area contributed by atoms with Crippen molar-refractivity contribution in [3.8, 4) is 0 Å². The lowest BCUT2D eigenvalue weighted by Crippen LogP contribution is -2.24. The van der Waals surface area contributed by atoms with Gasteiger partial charge >= 0.3 is 0 Å². The third kappa shape index (κ3) is 6.20. The van der Waals surface area contributed by atoms with E-state index in [0.717, 1.165) is 24.9 Å². The first kappa shape index (κ1) is 17.1. The van der Waals surface area contributed by atoms with E-state index < -0.39 is 4.92 Å². The monoisotopic (exact) mass is 317 g/mol. The summed E-state index contributed by atoms with van der Waals surface area (Å²) in [7, 11) is 0. The molecule has 23 heavy (non-hydrogen) atoms. The number of nitro benzene ring substituents is 1. The van der Waals surface area contributed by atoms with Gasteiger partial charge in [-0.1, -0.05) is 0 Å². The molecular weight excluding hydrogens is 294 g/mol. The molecule has 0 bridgehead atoms. The Labute approximate surface area is 136 Å². The van der Waals surface area contributed by atoms with Gasteiger partial charge in [0.05, 0.1) is 4.92 Å². The molecule has 6 nitrogen and oxygen atoms in total. The van der Waals surface area contributed by atoms with Crippen LogP contribution in [0.15, 0.2) is 30.3 Å². The highest BCUT2D eigenvalue weighted by molar-refractivity contribution is 5.91. The highest BCUT2D eigenvalue weighted by atomic mass is 16.6. The van der Waals surface area contributed by atoms with Crippen molar-refractivity contribution in [1.82, 2.24) is 10.2 Å². The van der Waals surface area contributed by atoms with E-state index in [1.165, 1.54) is 44.1 Å². The molecule has 0 radical (unpaired) electrons. The number of amides is 1. The number of carbonyl (C=O) groups is 1. The molecule has 1 N–H and O–H groups in total. The van der Waals surface area contributed by atoms with E-state index in [9.17, 15) is 14.9 Å². The van der Waals surface area contributed by atoms with Crippen LogP contribution in [0.4, 0.5) is 5.69 Å². The second-order valence-corrected chi connectivity index (χ2v) is 5.73. The number of nitrogens with one attached hydrogen (secondary N) is 1. The molecule has 0 atom stereocenters. The van der Waals surface area contributed by atoms with E-state index in [-0.39, 0.29) is 11.6 Å². The van der Waals surface area contributed by atoms with E-state index in [4.69, 9.17) is 0 Å². The summed E-state index contributed by atoms with van der Waals surface area (Å²) in [6.07, 6.45) is 7.82. The van der Waals surface area contributed by atoms with Crippen molar-refractivity contribution in [3.05, 3.63) is 46.0 Å². The lowest BCUT2D eigenvalue weighted by atomic mass is 10.2. The first-order valence-corrected chi connectivity index (χ1v) is 8.08. The average molecular weight is 317 g/mol. The molecule has 1 aliphatic rings. The first-order valence-electron chi connectivity index (χ1n) is 8.08. The Morgan fingerprint density at radius 1 is 1.22 bits per heavy atom. The number of carbonyl (C=O) groups excluding carboxylic acids is 1. The third-order valence-electron chi connectivity index (χ3n) is 3.93. The SMILES string of the molecule is O=C(/C=C/c1ccc([N+](=O)[O-])cc1)NCCCCN1CCCC1. The number of nitrogens with zero attached hydrogens (tertiary/aromatic N) is 2. The number of unbranched alkanes of at least 4 members (excludes halogenated alkanes) is 1. The fourth-order valence-corrected chi connectivity index (χ4v) is 2.62. The van der Waals surface area contributed by atoms with Crippen LogP contribution in [0, 0.1) is 10.1 Å². The van der Waals surface area contributed by atoms with Gasteiger partial charge in [-0.15, -0.1) is 0 Å². The van der Waals surface area contributed by atoms with Crippen LogP contribution in [0.25, 0.3) is 6.08 Å². The van der Waals surface area contributed by atoms with Crippen molar-refractivity contribution < 1.29 is 9.72 Å². The van der Waals surface area contributed by atoms with Crippen molar-refractivity contribution >= 4 is 17.7 Å². The quantitative estimate of drug-likeness (QED) is 0.346. The molecule has 1 amide bonds. The molecule has 0 aliphatic carbocycles. The molecule has 0 unspecified atom stereocenters. The van der Waals surface area contributed by atoms with E-state index in [2.05, 4.69) is 10.2 Å². The van der Waals surface area contributed by atoms with Gasteiger partial charge in [0, 0.05) is 24.8 Å².